The highest BCUT2D eigenvalue weighted by Gasteiger charge is 2.27. The topological polar surface area (TPSA) is 24.1 Å². The Bertz CT molecular complexity index is 207. The lowest BCUT2D eigenvalue weighted by molar-refractivity contribution is 0.233. The summed E-state index contributed by atoms with van der Waals surface area (Å²) in [7, 11) is 0. The van der Waals surface area contributed by atoms with Gasteiger partial charge >= 0.3 is 0 Å². The minimum Gasteiger partial charge on any atom is -0.314 e. The fourth-order valence-corrected chi connectivity index (χ4v) is 3.27. The van der Waals surface area contributed by atoms with E-state index >= 15 is 0 Å². The van der Waals surface area contributed by atoms with E-state index in [1.54, 1.807) is 0 Å². The van der Waals surface area contributed by atoms with Crippen LogP contribution < -0.4 is 10.6 Å². The molecule has 2 heteroatoms. The predicted molar refractivity (Wildman–Crippen MR) is 69.7 cm³/mol. The lowest BCUT2D eigenvalue weighted by Gasteiger charge is -2.37. The van der Waals surface area contributed by atoms with E-state index < -0.39 is 0 Å². The van der Waals surface area contributed by atoms with Crippen molar-refractivity contribution >= 4 is 0 Å². The van der Waals surface area contributed by atoms with Crippen LogP contribution in [-0.4, -0.2) is 24.7 Å². The Kier molecular flexibility index (Phi) is 4.26. The third-order valence-corrected chi connectivity index (χ3v) is 4.27. The molecule has 94 valence electrons. The minimum absolute atomic E-state index is 0.336. The molecule has 0 aromatic rings. The summed E-state index contributed by atoms with van der Waals surface area (Å²) in [6.45, 7) is 7.08. The molecule has 16 heavy (non-hydrogen) atoms. The largest absolute Gasteiger partial charge is 0.314 e. The molecule has 0 aromatic heterocycles. The predicted octanol–water partition coefficient (Wildman–Crippen LogP) is 2.69. The number of piperidine rings is 1. The maximum atomic E-state index is 3.81. The molecule has 2 aliphatic rings. The number of hydrogen-bond acceptors (Lipinski definition) is 2. The Hall–Kier alpha value is -0.0800. The van der Waals surface area contributed by atoms with Crippen molar-refractivity contribution in [1.29, 1.82) is 0 Å². The minimum atomic E-state index is 0.336. The molecular formula is C14H28N2. The van der Waals surface area contributed by atoms with Gasteiger partial charge in [0.15, 0.2) is 0 Å². The van der Waals surface area contributed by atoms with Crippen LogP contribution in [0.3, 0.4) is 0 Å². The smallest absolute Gasteiger partial charge is 0.0139 e. The molecular weight excluding hydrogens is 196 g/mol. The Morgan fingerprint density at radius 1 is 1.12 bits per heavy atom. The summed E-state index contributed by atoms with van der Waals surface area (Å²) in [5.41, 5.74) is 0.336. The maximum absolute atomic E-state index is 3.81. The molecule has 1 aliphatic carbocycles. The van der Waals surface area contributed by atoms with Gasteiger partial charge in [-0.05, 0) is 58.5 Å². The second-order valence-corrected chi connectivity index (χ2v) is 6.41. The van der Waals surface area contributed by atoms with Crippen LogP contribution in [0, 0.1) is 5.92 Å². The summed E-state index contributed by atoms with van der Waals surface area (Å²) < 4.78 is 0. The molecule has 2 N–H and O–H groups in total. The van der Waals surface area contributed by atoms with Crippen molar-refractivity contribution < 1.29 is 0 Å². The highest BCUT2D eigenvalue weighted by molar-refractivity contribution is 4.89. The Morgan fingerprint density at radius 3 is 2.56 bits per heavy atom. The van der Waals surface area contributed by atoms with Crippen LogP contribution in [0.25, 0.3) is 0 Å². The van der Waals surface area contributed by atoms with Crippen LogP contribution in [-0.2, 0) is 0 Å². The average Bonchev–Trinajstić information content (AvgIpc) is 2.27. The molecule has 0 spiro atoms. The zero-order valence-corrected chi connectivity index (χ0v) is 11.0. The highest BCUT2D eigenvalue weighted by atomic mass is 15.0. The fraction of sp³-hybridized carbons (Fsp3) is 1.00. The van der Waals surface area contributed by atoms with E-state index in [1.807, 2.05) is 0 Å². The molecule has 1 unspecified atom stereocenters. The van der Waals surface area contributed by atoms with Crippen molar-refractivity contribution in [3.05, 3.63) is 0 Å². The van der Waals surface area contributed by atoms with Gasteiger partial charge < -0.3 is 10.6 Å². The molecule has 2 nitrogen and oxygen atoms in total. The molecule has 1 heterocycles. The molecule has 0 aromatic carbocycles. The van der Waals surface area contributed by atoms with E-state index in [0.29, 0.717) is 5.54 Å². The second kappa shape index (κ2) is 5.50. The summed E-state index contributed by atoms with van der Waals surface area (Å²) in [5.74, 6) is 0.965. The number of nitrogens with one attached hydrogen (secondary N) is 2. The van der Waals surface area contributed by atoms with Crippen LogP contribution in [0.15, 0.2) is 0 Å². The first-order valence-corrected chi connectivity index (χ1v) is 7.14. The standard InChI is InChI=1S/C14H28N2/c1-14(2)10-13(8-9-16-14)15-11-12-6-4-3-5-7-12/h12-13,15-16H,3-11H2,1-2H3. The molecule has 1 aliphatic heterocycles. The van der Waals surface area contributed by atoms with E-state index in [9.17, 15) is 0 Å². The normalized spacial score (nSPS) is 31.5. The van der Waals surface area contributed by atoms with Crippen LogP contribution in [0.4, 0.5) is 0 Å². The Balaban J connectivity index is 1.68. The van der Waals surface area contributed by atoms with Gasteiger partial charge in [0, 0.05) is 11.6 Å². The summed E-state index contributed by atoms with van der Waals surface area (Å²) in [4.78, 5) is 0. The van der Waals surface area contributed by atoms with E-state index in [-0.39, 0.29) is 0 Å². The van der Waals surface area contributed by atoms with E-state index in [2.05, 4.69) is 24.5 Å². The Labute approximate surface area is 101 Å². The molecule has 0 bridgehead atoms. The van der Waals surface area contributed by atoms with Crippen molar-refractivity contribution in [2.75, 3.05) is 13.1 Å². The van der Waals surface area contributed by atoms with Gasteiger partial charge in [0.2, 0.25) is 0 Å². The lowest BCUT2D eigenvalue weighted by Crippen LogP contribution is -2.52. The lowest BCUT2D eigenvalue weighted by atomic mass is 9.87. The average molecular weight is 224 g/mol. The molecule has 1 saturated heterocycles. The van der Waals surface area contributed by atoms with Gasteiger partial charge in [-0.2, -0.15) is 0 Å². The fourth-order valence-electron chi connectivity index (χ4n) is 3.27. The third-order valence-electron chi connectivity index (χ3n) is 4.27. The summed E-state index contributed by atoms with van der Waals surface area (Å²) in [5, 5.41) is 7.39. The highest BCUT2D eigenvalue weighted by Crippen LogP contribution is 2.24. The number of hydrogen-bond donors (Lipinski definition) is 2. The first kappa shape index (κ1) is 12.4. The van der Waals surface area contributed by atoms with Crippen molar-refractivity contribution in [3.8, 4) is 0 Å². The number of rotatable bonds is 3. The van der Waals surface area contributed by atoms with Crippen LogP contribution in [0.1, 0.15) is 58.8 Å². The van der Waals surface area contributed by atoms with E-state index in [0.717, 1.165) is 12.0 Å². The second-order valence-electron chi connectivity index (χ2n) is 6.41. The summed E-state index contributed by atoms with van der Waals surface area (Å²) in [6, 6.07) is 0.748. The van der Waals surface area contributed by atoms with Crippen molar-refractivity contribution in [1.82, 2.24) is 10.6 Å². The Morgan fingerprint density at radius 2 is 1.88 bits per heavy atom. The molecule has 1 atom stereocenters. The molecule has 0 radical (unpaired) electrons. The van der Waals surface area contributed by atoms with Crippen LogP contribution in [0.2, 0.25) is 0 Å². The molecule has 1 saturated carbocycles. The molecule has 2 rings (SSSR count). The van der Waals surface area contributed by atoms with Gasteiger partial charge in [-0.1, -0.05) is 19.3 Å². The first-order valence-electron chi connectivity index (χ1n) is 7.14. The summed E-state index contributed by atoms with van der Waals surface area (Å²) in [6.07, 6.45) is 9.89. The van der Waals surface area contributed by atoms with Gasteiger partial charge in [-0.3, -0.25) is 0 Å². The van der Waals surface area contributed by atoms with Gasteiger partial charge in [0.1, 0.15) is 0 Å². The first-order chi connectivity index (χ1) is 7.66. The van der Waals surface area contributed by atoms with Gasteiger partial charge in [0.25, 0.3) is 0 Å². The monoisotopic (exact) mass is 224 g/mol. The SMILES string of the molecule is CC1(C)CC(NCC2CCCCC2)CCN1. The zero-order chi connectivity index (χ0) is 11.4. The van der Waals surface area contributed by atoms with Gasteiger partial charge in [0.05, 0.1) is 0 Å². The molecule has 2 fully saturated rings. The zero-order valence-electron chi connectivity index (χ0n) is 11.0. The maximum Gasteiger partial charge on any atom is 0.0139 e. The van der Waals surface area contributed by atoms with Crippen molar-refractivity contribution in [3.63, 3.8) is 0 Å². The van der Waals surface area contributed by atoms with Gasteiger partial charge in [-0.25, -0.2) is 0 Å². The van der Waals surface area contributed by atoms with Crippen molar-refractivity contribution in [2.45, 2.75) is 70.4 Å². The quantitative estimate of drug-likeness (QED) is 0.770. The van der Waals surface area contributed by atoms with E-state index in [1.165, 1.54) is 58.0 Å². The molecule has 0 amide bonds. The van der Waals surface area contributed by atoms with E-state index in [4.69, 9.17) is 0 Å². The van der Waals surface area contributed by atoms with Crippen molar-refractivity contribution in [2.24, 2.45) is 5.92 Å². The van der Waals surface area contributed by atoms with Gasteiger partial charge in [-0.15, -0.1) is 0 Å². The van der Waals surface area contributed by atoms with Crippen LogP contribution >= 0.6 is 0 Å². The third kappa shape index (κ3) is 3.74. The summed E-state index contributed by atoms with van der Waals surface area (Å²) >= 11 is 0. The van der Waals surface area contributed by atoms with Crippen LogP contribution in [0.5, 0.6) is 0 Å².